The zero-order valence-corrected chi connectivity index (χ0v) is 16.2. The number of hydrogen-bond donors (Lipinski definition) is 1. The Kier molecular flexibility index (Phi) is 6.64. The first kappa shape index (κ1) is 20.3. The van der Waals surface area contributed by atoms with Gasteiger partial charge in [0.15, 0.2) is 9.84 Å². The van der Waals surface area contributed by atoms with Gasteiger partial charge in [0.05, 0.1) is 18.1 Å². The van der Waals surface area contributed by atoms with Crippen molar-refractivity contribution in [2.24, 2.45) is 0 Å². The summed E-state index contributed by atoms with van der Waals surface area (Å²) in [5.41, 5.74) is 0.818. The molecule has 1 heterocycles. The number of carbonyl (C=O) groups excluding carboxylic acids is 1. The highest BCUT2D eigenvalue weighted by atomic mass is 32.2. The zero-order chi connectivity index (χ0) is 20.0. The molecule has 0 saturated carbocycles. The summed E-state index contributed by atoms with van der Waals surface area (Å²) in [6.07, 6.45) is 0. The molecule has 6 nitrogen and oxygen atoms in total. The van der Waals surface area contributed by atoms with E-state index in [0.717, 1.165) is 5.56 Å². The van der Waals surface area contributed by atoms with Gasteiger partial charge in [-0.15, -0.1) is 0 Å². The van der Waals surface area contributed by atoms with E-state index in [1.807, 2.05) is 35.2 Å². The number of amides is 1. The molecule has 1 aliphatic heterocycles. The van der Waals surface area contributed by atoms with Gasteiger partial charge in [-0.2, -0.15) is 0 Å². The van der Waals surface area contributed by atoms with Gasteiger partial charge in [-0.1, -0.05) is 30.3 Å². The number of sulfone groups is 1. The van der Waals surface area contributed by atoms with Crippen LogP contribution in [0.2, 0.25) is 0 Å². The average Bonchev–Trinajstić information content (AvgIpc) is 2.69. The molecule has 1 aliphatic rings. The lowest BCUT2D eigenvalue weighted by molar-refractivity contribution is -0.126. The van der Waals surface area contributed by atoms with Gasteiger partial charge in [-0.3, -0.25) is 9.69 Å². The van der Waals surface area contributed by atoms with E-state index in [-0.39, 0.29) is 36.4 Å². The van der Waals surface area contributed by atoms with Crippen LogP contribution < -0.4 is 10.1 Å². The van der Waals surface area contributed by atoms with Gasteiger partial charge >= 0.3 is 0 Å². The van der Waals surface area contributed by atoms with E-state index in [1.165, 1.54) is 24.3 Å². The molecule has 0 aliphatic carbocycles. The fourth-order valence-electron chi connectivity index (χ4n) is 3.12. The Balaban J connectivity index is 1.59. The molecule has 1 atom stereocenters. The van der Waals surface area contributed by atoms with E-state index in [0.29, 0.717) is 18.8 Å². The van der Waals surface area contributed by atoms with Crippen molar-refractivity contribution in [2.45, 2.75) is 6.04 Å². The quantitative estimate of drug-likeness (QED) is 0.710. The van der Waals surface area contributed by atoms with E-state index >= 15 is 0 Å². The van der Waals surface area contributed by atoms with E-state index < -0.39 is 15.9 Å². The molecule has 2 aromatic rings. The Hall–Kier alpha value is -2.45. The van der Waals surface area contributed by atoms with Crippen LogP contribution in [0.1, 0.15) is 11.6 Å². The minimum absolute atomic E-state index is 0.0529. The van der Waals surface area contributed by atoms with Gasteiger partial charge < -0.3 is 10.1 Å². The van der Waals surface area contributed by atoms with Crippen molar-refractivity contribution in [1.29, 1.82) is 0 Å². The van der Waals surface area contributed by atoms with Crippen molar-refractivity contribution in [1.82, 2.24) is 10.2 Å². The normalized spacial score (nSPS) is 17.6. The van der Waals surface area contributed by atoms with E-state index in [2.05, 4.69) is 5.32 Å². The van der Waals surface area contributed by atoms with Crippen LogP contribution in [0.4, 0.5) is 4.39 Å². The Labute approximate surface area is 164 Å². The minimum atomic E-state index is -3.03. The highest BCUT2D eigenvalue weighted by molar-refractivity contribution is 7.91. The first-order valence-electron chi connectivity index (χ1n) is 9.10. The van der Waals surface area contributed by atoms with Crippen LogP contribution in [0.5, 0.6) is 5.75 Å². The molecule has 1 amide bonds. The molecule has 8 heteroatoms. The molecular formula is C20H23FN2O4S. The Bertz CT molecular complexity index is 874. The predicted octanol–water partition coefficient (Wildman–Crippen LogP) is 1.79. The molecule has 0 spiro atoms. The van der Waals surface area contributed by atoms with Crippen molar-refractivity contribution in [3.63, 3.8) is 0 Å². The second kappa shape index (κ2) is 9.16. The molecule has 1 N–H and O–H groups in total. The summed E-state index contributed by atoms with van der Waals surface area (Å²) in [5.74, 6) is 0.0915. The van der Waals surface area contributed by atoms with E-state index in [4.69, 9.17) is 4.74 Å². The number of rotatable bonds is 7. The summed E-state index contributed by atoms with van der Waals surface area (Å²) >= 11 is 0. The molecule has 1 fully saturated rings. The average molecular weight is 406 g/mol. The monoisotopic (exact) mass is 406 g/mol. The Morgan fingerprint density at radius 1 is 1.07 bits per heavy atom. The fraction of sp³-hybridized carbons (Fsp3) is 0.350. The second-order valence-corrected chi connectivity index (χ2v) is 8.90. The predicted molar refractivity (Wildman–Crippen MR) is 104 cm³/mol. The SMILES string of the molecule is O=C(NCCOc1ccc(F)cc1)C(c1ccccc1)N1CCS(=O)(=O)CC1. The third-order valence-electron chi connectivity index (χ3n) is 4.59. The van der Waals surface area contributed by atoms with Crippen molar-refractivity contribution in [3.05, 3.63) is 66.0 Å². The maximum absolute atomic E-state index is 12.9. The topological polar surface area (TPSA) is 75.7 Å². The maximum Gasteiger partial charge on any atom is 0.242 e. The molecule has 0 radical (unpaired) electrons. The summed E-state index contributed by atoms with van der Waals surface area (Å²) in [6.45, 7) is 1.17. The lowest BCUT2D eigenvalue weighted by atomic mass is 10.0. The largest absolute Gasteiger partial charge is 0.492 e. The number of nitrogens with one attached hydrogen (secondary N) is 1. The Morgan fingerprint density at radius 2 is 1.71 bits per heavy atom. The number of halogens is 1. The number of ether oxygens (including phenoxy) is 1. The number of hydrogen-bond acceptors (Lipinski definition) is 5. The highest BCUT2D eigenvalue weighted by Crippen LogP contribution is 2.23. The first-order valence-corrected chi connectivity index (χ1v) is 10.9. The molecule has 2 aromatic carbocycles. The molecule has 0 bridgehead atoms. The minimum Gasteiger partial charge on any atom is -0.492 e. The Morgan fingerprint density at radius 3 is 2.36 bits per heavy atom. The lowest BCUT2D eigenvalue weighted by Crippen LogP contribution is -2.48. The van der Waals surface area contributed by atoms with E-state index in [1.54, 1.807) is 0 Å². The molecule has 1 saturated heterocycles. The summed E-state index contributed by atoms with van der Waals surface area (Å²) < 4.78 is 41.8. The summed E-state index contributed by atoms with van der Waals surface area (Å²) in [6, 6.07) is 14.4. The molecule has 0 aromatic heterocycles. The summed E-state index contributed by atoms with van der Waals surface area (Å²) in [5, 5.41) is 2.85. The van der Waals surface area contributed by atoms with Crippen LogP contribution in [0.3, 0.4) is 0 Å². The van der Waals surface area contributed by atoms with Gasteiger partial charge in [-0.25, -0.2) is 12.8 Å². The standard InChI is InChI=1S/C20H23FN2O4S/c21-17-6-8-18(9-7-17)27-13-10-22-20(24)19(16-4-2-1-3-5-16)23-11-14-28(25,26)15-12-23/h1-9,19H,10-15H2,(H,22,24). The van der Waals surface area contributed by atoms with Crippen molar-refractivity contribution < 1.29 is 22.3 Å². The highest BCUT2D eigenvalue weighted by Gasteiger charge is 2.32. The zero-order valence-electron chi connectivity index (χ0n) is 15.4. The smallest absolute Gasteiger partial charge is 0.242 e. The molecular weight excluding hydrogens is 383 g/mol. The molecule has 1 unspecified atom stereocenters. The maximum atomic E-state index is 12.9. The van der Waals surface area contributed by atoms with Crippen LogP contribution in [0.15, 0.2) is 54.6 Å². The van der Waals surface area contributed by atoms with Crippen LogP contribution in [-0.4, -0.2) is 57.0 Å². The van der Waals surface area contributed by atoms with Gasteiger partial charge in [0.1, 0.15) is 24.2 Å². The van der Waals surface area contributed by atoms with Gasteiger partial charge in [0.2, 0.25) is 5.91 Å². The number of benzene rings is 2. The van der Waals surface area contributed by atoms with Crippen molar-refractivity contribution in [3.8, 4) is 5.75 Å². The third kappa shape index (κ3) is 5.53. The third-order valence-corrected chi connectivity index (χ3v) is 6.20. The number of nitrogens with zero attached hydrogens (tertiary/aromatic N) is 1. The summed E-state index contributed by atoms with van der Waals surface area (Å²) in [7, 11) is -3.03. The molecule has 150 valence electrons. The second-order valence-electron chi connectivity index (χ2n) is 6.59. The van der Waals surface area contributed by atoms with Crippen LogP contribution in [0.25, 0.3) is 0 Å². The van der Waals surface area contributed by atoms with Crippen molar-refractivity contribution >= 4 is 15.7 Å². The van der Waals surface area contributed by atoms with E-state index in [9.17, 15) is 17.6 Å². The van der Waals surface area contributed by atoms with Crippen LogP contribution >= 0.6 is 0 Å². The fourth-order valence-corrected chi connectivity index (χ4v) is 4.35. The van der Waals surface area contributed by atoms with Gasteiger partial charge in [-0.05, 0) is 29.8 Å². The first-order chi connectivity index (χ1) is 13.4. The molecule has 3 rings (SSSR count). The lowest BCUT2D eigenvalue weighted by Gasteiger charge is -2.33. The van der Waals surface area contributed by atoms with Crippen LogP contribution in [-0.2, 0) is 14.6 Å². The van der Waals surface area contributed by atoms with Crippen molar-refractivity contribution in [2.75, 3.05) is 37.7 Å². The van der Waals surface area contributed by atoms with Gasteiger partial charge in [0.25, 0.3) is 0 Å². The van der Waals surface area contributed by atoms with Crippen LogP contribution in [0, 0.1) is 5.82 Å². The molecule has 28 heavy (non-hydrogen) atoms. The van der Waals surface area contributed by atoms with Gasteiger partial charge in [0, 0.05) is 13.1 Å². The number of carbonyl (C=O) groups is 1. The summed E-state index contributed by atoms with van der Waals surface area (Å²) in [4.78, 5) is 14.7.